The van der Waals surface area contributed by atoms with Crippen molar-refractivity contribution < 1.29 is 31.1 Å². The molecule has 0 unspecified atom stereocenters. The summed E-state index contributed by atoms with van der Waals surface area (Å²) in [5.41, 5.74) is 0.204. The fraction of sp³-hybridized carbons (Fsp3) is 0.143. The molecular formula is C21H18F3N3O5S. The minimum Gasteiger partial charge on any atom is -0.406 e. The van der Waals surface area contributed by atoms with Crippen molar-refractivity contribution in [3.8, 4) is 5.75 Å². The van der Waals surface area contributed by atoms with Crippen LogP contribution in [0.1, 0.15) is 15.9 Å². The molecule has 174 valence electrons. The van der Waals surface area contributed by atoms with Crippen molar-refractivity contribution in [1.29, 1.82) is 0 Å². The highest BCUT2D eigenvalue weighted by molar-refractivity contribution is 7.92. The molecule has 1 heterocycles. The Morgan fingerprint density at radius 1 is 1.03 bits per heavy atom. The van der Waals surface area contributed by atoms with E-state index in [1.807, 2.05) is 0 Å². The van der Waals surface area contributed by atoms with Gasteiger partial charge in [0.15, 0.2) is 0 Å². The van der Waals surface area contributed by atoms with Gasteiger partial charge in [-0.15, -0.1) is 13.2 Å². The molecule has 8 nitrogen and oxygen atoms in total. The molecule has 33 heavy (non-hydrogen) atoms. The van der Waals surface area contributed by atoms with Crippen LogP contribution in [-0.2, 0) is 17.1 Å². The first-order valence-electron chi connectivity index (χ1n) is 9.31. The second kappa shape index (κ2) is 8.98. The summed E-state index contributed by atoms with van der Waals surface area (Å²) in [6.07, 6.45) is -3.47. The number of rotatable bonds is 6. The summed E-state index contributed by atoms with van der Waals surface area (Å²) < 4.78 is 70.0. The maximum atomic E-state index is 12.7. The molecule has 1 amide bonds. The molecule has 0 saturated carbocycles. The molecule has 0 fully saturated rings. The van der Waals surface area contributed by atoms with Crippen molar-refractivity contribution >= 4 is 27.3 Å². The summed E-state index contributed by atoms with van der Waals surface area (Å²) in [5, 5.41) is 2.58. The number of amides is 1. The van der Waals surface area contributed by atoms with Gasteiger partial charge in [0.1, 0.15) is 5.75 Å². The standard InChI is InChI=1S/C21H18F3N3O5S/c1-13-10-15(25-20(29)14-8-9-27(2)19(28)11-14)6-7-18(13)33(30,31)26-16-4-3-5-17(12-16)32-21(22,23)24/h3-12,26H,1-2H3,(H,25,29). The Balaban J connectivity index is 1.78. The van der Waals surface area contributed by atoms with E-state index >= 15 is 0 Å². The monoisotopic (exact) mass is 481 g/mol. The van der Waals surface area contributed by atoms with E-state index in [1.165, 1.54) is 60.2 Å². The second-order valence-corrected chi connectivity index (χ2v) is 8.63. The SMILES string of the molecule is Cc1cc(NC(=O)c2ccn(C)c(=O)c2)ccc1S(=O)(=O)Nc1cccc(OC(F)(F)F)c1. The number of aryl methyl sites for hydroxylation is 2. The molecule has 0 aliphatic heterocycles. The molecule has 0 atom stereocenters. The molecule has 3 rings (SSSR count). The van der Waals surface area contributed by atoms with Gasteiger partial charge in [-0.1, -0.05) is 6.07 Å². The number of carbonyl (C=O) groups excluding carboxylic acids is 1. The molecule has 2 N–H and O–H groups in total. The topological polar surface area (TPSA) is 107 Å². The smallest absolute Gasteiger partial charge is 0.406 e. The number of halogens is 3. The number of alkyl halides is 3. The average molecular weight is 481 g/mol. The fourth-order valence-electron chi connectivity index (χ4n) is 2.89. The zero-order chi connectivity index (χ0) is 24.4. The van der Waals surface area contributed by atoms with Crippen LogP contribution in [0.15, 0.2) is 70.5 Å². The van der Waals surface area contributed by atoms with E-state index < -0.39 is 28.0 Å². The van der Waals surface area contributed by atoms with E-state index in [2.05, 4.69) is 14.8 Å². The van der Waals surface area contributed by atoms with Crippen LogP contribution in [0.3, 0.4) is 0 Å². The van der Waals surface area contributed by atoms with Gasteiger partial charge in [0, 0.05) is 36.6 Å². The zero-order valence-electron chi connectivity index (χ0n) is 17.3. The number of carbonyl (C=O) groups is 1. The molecule has 3 aromatic rings. The molecule has 0 aliphatic rings. The molecular weight excluding hydrogens is 463 g/mol. The highest BCUT2D eigenvalue weighted by atomic mass is 32.2. The third kappa shape index (κ3) is 6.13. The number of anilines is 2. The van der Waals surface area contributed by atoms with Gasteiger partial charge in [0.2, 0.25) is 0 Å². The van der Waals surface area contributed by atoms with E-state index in [0.717, 1.165) is 12.1 Å². The Hall–Kier alpha value is -3.80. The Bertz CT molecular complexity index is 1370. The van der Waals surface area contributed by atoms with E-state index in [4.69, 9.17) is 0 Å². The number of benzene rings is 2. The van der Waals surface area contributed by atoms with Crippen LogP contribution in [0, 0.1) is 6.92 Å². The van der Waals surface area contributed by atoms with Crippen molar-refractivity contribution in [3.63, 3.8) is 0 Å². The van der Waals surface area contributed by atoms with Crippen LogP contribution >= 0.6 is 0 Å². The highest BCUT2D eigenvalue weighted by Crippen LogP contribution is 2.27. The summed E-state index contributed by atoms with van der Waals surface area (Å²) in [5.74, 6) is -1.13. The number of pyridine rings is 1. The number of hydrogen-bond acceptors (Lipinski definition) is 5. The minimum atomic E-state index is -4.92. The lowest BCUT2D eigenvalue weighted by Crippen LogP contribution is -2.20. The van der Waals surface area contributed by atoms with Crippen molar-refractivity contribution in [2.75, 3.05) is 10.0 Å². The quantitative estimate of drug-likeness (QED) is 0.559. The molecule has 1 aromatic heterocycles. The van der Waals surface area contributed by atoms with Gasteiger partial charge in [-0.05, 0) is 48.9 Å². The van der Waals surface area contributed by atoms with Crippen LogP contribution in [0.4, 0.5) is 24.5 Å². The Labute approximate surface area is 186 Å². The first-order valence-corrected chi connectivity index (χ1v) is 10.8. The number of hydrogen-bond donors (Lipinski definition) is 2. The lowest BCUT2D eigenvalue weighted by Gasteiger charge is -2.14. The van der Waals surface area contributed by atoms with Crippen LogP contribution < -0.4 is 20.3 Å². The van der Waals surface area contributed by atoms with E-state index in [1.54, 1.807) is 7.05 Å². The van der Waals surface area contributed by atoms with Gasteiger partial charge >= 0.3 is 6.36 Å². The van der Waals surface area contributed by atoms with Crippen LogP contribution in [0.5, 0.6) is 5.75 Å². The van der Waals surface area contributed by atoms with Crippen LogP contribution in [0.25, 0.3) is 0 Å². The molecule has 0 spiro atoms. The van der Waals surface area contributed by atoms with Gasteiger partial charge in [0.25, 0.3) is 21.5 Å². The van der Waals surface area contributed by atoms with E-state index in [9.17, 15) is 31.2 Å². The fourth-order valence-corrected chi connectivity index (χ4v) is 4.17. The molecule has 2 aromatic carbocycles. The highest BCUT2D eigenvalue weighted by Gasteiger charge is 2.31. The largest absolute Gasteiger partial charge is 0.573 e. The summed E-state index contributed by atoms with van der Waals surface area (Å²) in [6, 6.07) is 11.1. The predicted molar refractivity (Wildman–Crippen MR) is 115 cm³/mol. The summed E-state index contributed by atoms with van der Waals surface area (Å²) in [4.78, 5) is 23.9. The van der Waals surface area contributed by atoms with Gasteiger partial charge in [0.05, 0.1) is 10.6 Å². The maximum Gasteiger partial charge on any atom is 0.573 e. The van der Waals surface area contributed by atoms with Crippen molar-refractivity contribution in [1.82, 2.24) is 4.57 Å². The number of aromatic nitrogens is 1. The summed E-state index contributed by atoms with van der Waals surface area (Å²) >= 11 is 0. The number of ether oxygens (including phenoxy) is 1. The first kappa shape index (κ1) is 23.9. The number of sulfonamides is 1. The molecule has 0 radical (unpaired) electrons. The Kier molecular flexibility index (Phi) is 6.49. The average Bonchev–Trinajstić information content (AvgIpc) is 2.68. The normalized spacial score (nSPS) is 11.7. The maximum absolute atomic E-state index is 12.7. The van der Waals surface area contributed by atoms with Crippen LogP contribution in [0.2, 0.25) is 0 Å². The van der Waals surface area contributed by atoms with Gasteiger partial charge in [-0.25, -0.2) is 8.42 Å². The van der Waals surface area contributed by atoms with Crippen molar-refractivity contribution in [3.05, 3.63) is 82.3 Å². The molecule has 12 heteroatoms. The van der Waals surface area contributed by atoms with E-state index in [-0.39, 0.29) is 33.0 Å². The third-order valence-electron chi connectivity index (χ3n) is 4.41. The lowest BCUT2D eigenvalue weighted by atomic mass is 10.2. The van der Waals surface area contributed by atoms with Gasteiger partial charge < -0.3 is 14.6 Å². The molecule has 0 aliphatic carbocycles. The first-order chi connectivity index (χ1) is 15.3. The predicted octanol–water partition coefficient (Wildman–Crippen LogP) is 3.65. The van der Waals surface area contributed by atoms with E-state index in [0.29, 0.717) is 0 Å². The van der Waals surface area contributed by atoms with Crippen LogP contribution in [-0.4, -0.2) is 25.3 Å². The lowest BCUT2D eigenvalue weighted by molar-refractivity contribution is -0.274. The van der Waals surface area contributed by atoms with Gasteiger partial charge in [-0.3, -0.25) is 14.3 Å². The summed E-state index contributed by atoms with van der Waals surface area (Å²) in [6.45, 7) is 1.49. The third-order valence-corrected chi connectivity index (χ3v) is 5.95. The Morgan fingerprint density at radius 2 is 1.76 bits per heavy atom. The van der Waals surface area contributed by atoms with Crippen molar-refractivity contribution in [2.45, 2.75) is 18.2 Å². The Morgan fingerprint density at radius 3 is 2.39 bits per heavy atom. The van der Waals surface area contributed by atoms with Gasteiger partial charge in [-0.2, -0.15) is 0 Å². The molecule has 0 saturated heterocycles. The molecule has 0 bridgehead atoms. The number of nitrogens with one attached hydrogen (secondary N) is 2. The zero-order valence-corrected chi connectivity index (χ0v) is 18.1. The minimum absolute atomic E-state index is 0.126. The second-order valence-electron chi connectivity index (χ2n) is 6.98. The van der Waals surface area contributed by atoms with Crippen molar-refractivity contribution in [2.24, 2.45) is 7.05 Å². The summed E-state index contributed by atoms with van der Waals surface area (Å²) in [7, 11) is -2.61. The number of nitrogens with zero attached hydrogens (tertiary/aromatic N) is 1.